The summed E-state index contributed by atoms with van der Waals surface area (Å²) in [7, 11) is 0. The topological polar surface area (TPSA) is 85.2 Å². The van der Waals surface area contributed by atoms with Gasteiger partial charge in [-0.25, -0.2) is 0 Å². The van der Waals surface area contributed by atoms with Gasteiger partial charge in [0.15, 0.2) is 11.6 Å². The van der Waals surface area contributed by atoms with Gasteiger partial charge in [0, 0.05) is 6.42 Å². The number of aromatic nitrogens is 2. The summed E-state index contributed by atoms with van der Waals surface area (Å²) in [6, 6.07) is 15.2. The average molecular weight is 281 g/mol. The third-order valence-electron chi connectivity index (χ3n) is 3.25. The van der Waals surface area contributed by atoms with E-state index in [2.05, 4.69) is 22.3 Å². The van der Waals surface area contributed by atoms with Crippen molar-refractivity contribution in [3.63, 3.8) is 0 Å². The number of hydrogen-bond acceptors (Lipinski definition) is 5. The molecule has 1 aromatic heterocycles. The van der Waals surface area contributed by atoms with E-state index in [1.807, 2.05) is 18.2 Å². The van der Waals surface area contributed by atoms with Gasteiger partial charge in [-0.1, -0.05) is 41.6 Å². The Labute approximate surface area is 122 Å². The van der Waals surface area contributed by atoms with Crippen LogP contribution in [0.15, 0.2) is 53.1 Å². The highest BCUT2D eigenvalue weighted by atomic mass is 16.5. The smallest absolute Gasteiger partial charge is 0.261 e. The summed E-state index contributed by atoms with van der Waals surface area (Å²) in [4.78, 5) is 4.30. The lowest BCUT2D eigenvalue weighted by Gasteiger charge is -2.01. The van der Waals surface area contributed by atoms with Crippen LogP contribution in [-0.4, -0.2) is 15.2 Å². The minimum Gasteiger partial charge on any atom is -0.505 e. The van der Waals surface area contributed by atoms with E-state index < -0.39 is 0 Å². The molecule has 21 heavy (non-hydrogen) atoms. The van der Waals surface area contributed by atoms with Gasteiger partial charge < -0.3 is 15.4 Å². The van der Waals surface area contributed by atoms with Crippen LogP contribution >= 0.6 is 0 Å². The second-order valence-electron chi connectivity index (χ2n) is 4.74. The van der Waals surface area contributed by atoms with Crippen molar-refractivity contribution in [2.75, 3.05) is 5.73 Å². The number of anilines is 1. The molecule has 0 atom stereocenters. The highest BCUT2D eigenvalue weighted by Gasteiger charge is 2.14. The Morgan fingerprint density at radius 3 is 2.62 bits per heavy atom. The maximum Gasteiger partial charge on any atom is 0.261 e. The first-order valence-corrected chi connectivity index (χ1v) is 6.68. The Hall–Kier alpha value is -2.82. The number of benzene rings is 2. The maximum atomic E-state index is 9.92. The molecule has 0 unspecified atom stereocenters. The molecule has 5 nitrogen and oxygen atoms in total. The lowest BCUT2D eigenvalue weighted by molar-refractivity contribution is 0.417. The van der Waals surface area contributed by atoms with E-state index in [9.17, 15) is 5.11 Å². The van der Waals surface area contributed by atoms with Gasteiger partial charge in [0.05, 0.1) is 11.3 Å². The molecular formula is C16H15N3O2. The van der Waals surface area contributed by atoms with Crippen molar-refractivity contribution in [2.45, 2.75) is 12.8 Å². The van der Waals surface area contributed by atoms with E-state index in [4.69, 9.17) is 10.3 Å². The fourth-order valence-electron chi connectivity index (χ4n) is 2.10. The largest absolute Gasteiger partial charge is 0.505 e. The SMILES string of the molecule is Nc1cccc(-c2nc(CCc3ccccc3)no2)c1O. The first kappa shape index (κ1) is 13.2. The van der Waals surface area contributed by atoms with Crippen LogP contribution in [0.1, 0.15) is 11.4 Å². The van der Waals surface area contributed by atoms with Gasteiger partial charge in [0.25, 0.3) is 5.89 Å². The number of nitrogen functional groups attached to an aromatic ring is 1. The van der Waals surface area contributed by atoms with Crippen molar-refractivity contribution < 1.29 is 9.63 Å². The molecule has 106 valence electrons. The van der Waals surface area contributed by atoms with E-state index in [0.29, 0.717) is 17.8 Å². The van der Waals surface area contributed by atoms with Crippen LogP contribution in [0.5, 0.6) is 5.75 Å². The van der Waals surface area contributed by atoms with Gasteiger partial charge in [-0.3, -0.25) is 0 Å². The first-order valence-electron chi connectivity index (χ1n) is 6.68. The number of rotatable bonds is 4. The summed E-state index contributed by atoms with van der Waals surface area (Å²) in [6.45, 7) is 0. The minimum atomic E-state index is -0.0317. The molecule has 0 spiro atoms. The molecule has 2 aromatic carbocycles. The molecule has 0 aliphatic rings. The molecule has 0 bridgehead atoms. The summed E-state index contributed by atoms with van der Waals surface area (Å²) < 4.78 is 5.20. The molecule has 3 rings (SSSR count). The van der Waals surface area contributed by atoms with Crippen LogP contribution in [0.2, 0.25) is 0 Å². The summed E-state index contributed by atoms with van der Waals surface area (Å²) >= 11 is 0. The highest BCUT2D eigenvalue weighted by Crippen LogP contribution is 2.32. The minimum absolute atomic E-state index is 0.0317. The normalized spacial score (nSPS) is 10.7. The quantitative estimate of drug-likeness (QED) is 0.567. The summed E-state index contributed by atoms with van der Waals surface area (Å²) in [5.41, 5.74) is 7.62. The second-order valence-corrected chi connectivity index (χ2v) is 4.74. The Morgan fingerprint density at radius 2 is 1.81 bits per heavy atom. The van der Waals surface area contributed by atoms with E-state index in [0.717, 1.165) is 6.42 Å². The fourth-order valence-corrected chi connectivity index (χ4v) is 2.10. The number of para-hydroxylation sites is 1. The number of aryl methyl sites for hydroxylation is 2. The second kappa shape index (κ2) is 5.66. The molecule has 3 aromatic rings. The molecule has 0 fully saturated rings. The molecule has 5 heteroatoms. The number of phenolic OH excluding ortho intramolecular Hbond substituents is 1. The van der Waals surface area contributed by atoms with E-state index in [-0.39, 0.29) is 17.3 Å². The van der Waals surface area contributed by atoms with Crippen LogP contribution < -0.4 is 5.73 Å². The summed E-state index contributed by atoms with van der Waals surface area (Å²) in [6.07, 6.45) is 1.51. The fraction of sp³-hybridized carbons (Fsp3) is 0.125. The zero-order valence-electron chi connectivity index (χ0n) is 11.4. The first-order chi connectivity index (χ1) is 10.2. The predicted molar refractivity (Wildman–Crippen MR) is 79.7 cm³/mol. The van der Waals surface area contributed by atoms with Crippen LogP contribution in [0, 0.1) is 0 Å². The zero-order chi connectivity index (χ0) is 14.7. The van der Waals surface area contributed by atoms with Crippen molar-refractivity contribution in [1.82, 2.24) is 10.1 Å². The Balaban J connectivity index is 1.76. The monoisotopic (exact) mass is 281 g/mol. The molecule has 0 saturated heterocycles. The van der Waals surface area contributed by atoms with Gasteiger partial charge >= 0.3 is 0 Å². The number of aromatic hydroxyl groups is 1. The van der Waals surface area contributed by atoms with Crippen LogP contribution in [-0.2, 0) is 12.8 Å². The Morgan fingerprint density at radius 1 is 1.00 bits per heavy atom. The number of hydrogen-bond donors (Lipinski definition) is 2. The van der Waals surface area contributed by atoms with Crippen molar-refractivity contribution in [1.29, 1.82) is 0 Å². The molecule has 0 saturated carbocycles. The van der Waals surface area contributed by atoms with Gasteiger partial charge in [-0.15, -0.1) is 0 Å². The summed E-state index contributed by atoms with van der Waals surface area (Å²) in [5, 5.41) is 13.9. The Bertz CT molecular complexity index is 738. The molecule has 1 heterocycles. The predicted octanol–water partition coefficient (Wildman–Crippen LogP) is 2.81. The maximum absolute atomic E-state index is 9.92. The van der Waals surface area contributed by atoms with Crippen molar-refractivity contribution in [3.05, 3.63) is 59.9 Å². The van der Waals surface area contributed by atoms with Gasteiger partial charge in [0.2, 0.25) is 0 Å². The average Bonchev–Trinajstić information content (AvgIpc) is 2.98. The van der Waals surface area contributed by atoms with E-state index >= 15 is 0 Å². The standard InChI is InChI=1S/C16H15N3O2/c17-13-8-4-7-12(15(13)20)16-18-14(19-21-16)10-9-11-5-2-1-3-6-11/h1-8,20H,9-10,17H2. The third-order valence-corrected chi connectivity index (χ3v) is 3.25. The third kappa shape index (κ3) is 2.86. The number of nitrogens with two attached hydrogens (primary N) is 1. The molecule has 3 N–H and O–H groups in total. The molecule has 0 amide bonds. The van der Waals surface area contributed by atoms with Crippen LogP contribution in [0.4, 0.5) is 5.69 Å². The van der Waals surface area contributed by atoms with Crippen molar-refractivity contribution in [3.8, 4) is 17.2 Å². The zero-order valence-corrected chi connectivity index (χ0v) is 11.4. The lowest BCUT2D eigenvalue weighted by atomic mass is 10.1. The molecule has 0 aliphatic heterocycles. The van der Waals surface area contributed by atoms with Crippen molar-refractivity contribution >= 4 is 5.69 Å². The van der Waals surface area contributed by atoms with Crippen LogP contribution in [0.25, 0.3) is 11.5 Å². The molecule has 0 radical (unpaired) electrons. The van der Waals surface area contributed by atoms with Crippen LogP contribution in [0.3, 0.4) is 0 Å². The van der Waals surface area contributed by atoms with E-state index in [1.54, 1.807) is 18.2 Å². The Kier molecular flexibility index (Phi) is 3.55. The number of phenols is 1. The molecular weight excluding hydrogens is 266 g/mol. The van der Waals surface area contributed by atoms with E-state index in [1.165, 1.54) is 5.56 Å². The van der Waals surface area contributed by atoms with Gasteiger partial charge in [-0.2, -0.15) is 4.98 Å². The van der Waals surface area contributed by atoms with Gasteiger partial charge in [0.1, 0.15) is 0 Å². The van der Waals surface area contributed by atoms with Gasteiger partial charge in [-0.05, 0) is 24.1 Å². The lowest BCUT2D eigenvalue weighted by Crippen LogP contribution is -1.93. The molecule has 0 aliphatic carbocycles. The summed E-state index contributed by atoms with van der Waals surface area (Å²) in [5.74, 6) is 0.856. The number of nitrogens with zero attached hydrogens (tertiary/aromatic N) is 2. The van der Waals surface area contributed by atoms with Crippen molar-refractivity contribution in [2.24, 2.45) is 0 Å². The highest BCUT2D eigenvalue weighted by molar-refractivity contribution is 5.71.